The number of ether oxygens (including phenoxy) is 1. The van der Waals surface area contributed by atoms with Crippen LogP contribution in [0.3, 0.4) is 0 Å². The summed E-state index contributed by atoms with van der Waals surface area (Å²) in [4.78, 5) is 17.7. The van der Waals surface area contributed by atoms with Crippen molar-refractivity contribution in [2.75, 3.05) is 5.32 Å². The minimum atomic E-state index is -3.55. The van der Waals surface area contributed by atoms with E-state index in [9.17, 15) is 13.2 Å². The molecule has 3 N–H and O–H groups in total. The third-order valence-electron chi connectivity index (χ3n) is 6.42. The maximum atomic E-state index is 13.3. The molecule has 11 heteroatoms. The normalized spacial score (nSPS) is 18.2. The van der Waals surface area contributed by atoms with Crippen LogP contribution in [0, 0.1) is 6.92 Å². The molecule has 2 aromatic heterocycles. The summed E-state index contributed by atoms with van der Waals surface area (Å²) in [6.07, 6.45) is 4.79. The standard InChI is InChI=1S/C26H35N5O4S2/c1-15(2)35-26(32)29-19-8-6-18(7-9-19)25-27-14-22(36-25)21-11-10-20(28-24-12-17(5)30-31-24)13-23(21)37(33,34)16(3)4/h10-16,18-19H,6-9H2,1-5H3,(H,29,32)(H2,28,30,31). The summed E-state index contributed by atoms with van der Waals surface area (Å²) in [6.45, 7) is 8.95. The zero-order chi connectivity index (χ0) is 26.7. The number of aromatic amines is 1. The lowest BCUT2D eigenvalue weighted by atomic mass is 9.86. The van der Waals surface area contributed by atoms with Gasteiger partial charge in [0.25, 0.3) is 0 Å². The smallest absolute Gasteiger partial charge is 0.407 e. The second-order valence-electron chi connectivity index (χ2n) is 10.1. The Kier molecular flexibility index (Phi) is 8.23. The van der Waals surface area contributed by atoms with Crippen LogP contribution in [-0.2, 0) is 14.6 Å². The summed E-state index contributed by atoms with van der Waals surface area (Å²) in [5.74, 6) is 0.910. The number of sulfone groups is 1. The molecule has 2 heterocycles. The van der Waals surface area contributed by atoms with Gasteiger partial charge in [0, 0.05) is 41.2 Å². The largest absolute Gasteiger partial charge is 0.447 e. The monoisotopic (exact) mass is 545 g/mol. The molecular formula is C26H35N5O4S2. The fraction of sp³-hybridized carbons (Fsp3) is 0.500. The third kappa shape index (κ3) is 6.51. The maximum absolute atomic E-state index is 13.3. The van der Waals surface area contributed by atoms with E-state index >= 15 is 0 Å². The van der Waals surface area contributed by atoms with Crippen LogP contribution in [-0.4, -0.2) is 47.1 Å². The van der Waals surface area contributed by atoms with Gasteiger partial charge in [-0.25, -0.2) is 18.2 Å². The van der Waals surface area contributed by atoms with E-state index < -0.39 is 15.1 Å². The van der Waals surface area contributed by atoms with Gasteiger partial charge >= 0.3 is 6.09 Å². The van der Waals surface area contributed by atoms with E-state index in [1.165, 1.54) is 0 Å². The van der Waals surface area contributed by atoms with Crippen LogP contribution in [0.5, 0.6) is 0 Å². The number of carbonyl (C=O) groups excluding carboxylic acids is 1. The van der Waals surface area contributed by atoms with Crippen molar-refractivity contribution in [3.05, 3.63) is 41.2 Å². The number of aryl methyl sites for hydroxylation is 1. The average molecular weight is 546 g/mol. The number of hydrogen-bond donors (Lipinski definition) is 3. The minimum Gasteiger partial charge on any atom is -0.447 e. The lowest BCUT2D eigenvalue weighted by Gasteiger charge is -2.28. The topological polar surface area (TPSA) is 126 Å². The van der Waals surface area contributed by atoms with E-state index in [-0.39, 0.29) is 29.1 Å². The second-order valence-corrected chi connectivity index (χ2v) is 13.6. The molecule has 4 rings (SSSR count). The van der Waals surface area contributed by atoms with Gasteiger partial charge in [-0.2, -0.15) is 5.10 Å². The van der Waals surface area contributed by atoms with Gasteiger partial charge in [0.1, 0.15) is 0 Å². The Bertz CT molecular complexity index is 1340. The lowest BCUT2D eigenvalue weighted by molar-refractivity contribution is 0.109. The molecule has 37 heavy (non-hydrogen) atoms. The molecule has 1 fully saturated rings. The Labute approximate surface area is 222 Å². The fourth-order valence-electron chi connectivity index (χ4n) is 4.42. The maximum Gasteiger partial charge on any atom is 0.407 e. The molecule has 0 saturated heterocycles. The van der Waals surface area contributed by atoms with Gasteiger partial charge in [-0.3, -0.25) is 5.10 Å². The van der Waals surface area contributed by atoms with E-state index in [2.05, 4.69) is 25.8 Å². The summed E-state index contributed by atoms with van der Waals surface area (Å²) < 4.78 is 31.8. The van der Waals surface area contributed by atoms with Crippen molar-refractivity contribution in [1.29, 1.82) is 0 Å². The molecule has 1 aromatic carbocycles. The van der Waals surface area contributed by atoms with Gasteiger partial charge in [0.2, 0.25) is 0 Å². The molecule has 1 amide bonds. The van der Waals surface area contributed by atoms with Gasteiger partial charge in [-0.1, -0.05) is 6.07 Å². The van der Waals surface area contributed by atoms with Crippen LogP contribution in [0.15, 0.2) is 35.4 Å². The number of H-pyrrole nitrogens is 1. The second kappa shape index (κ2) is 11.2. The number of aromatic nitrogens is 3. The highest BCUT2D eigenvalue weighted by Crippen LogP contribution is 2.40. The number of rotatable bonds is 8. The molecule has 3 aromatic rings. The molecule has 0 spiro atoms. The highest BCUT2D eigenvalue weighted by atomic mass is 32.2. The van der Waals surface area contributed by atoms with Crippen molar-refractivity contribution in [2.24, 2.45) is 0 Å². The van der Waals surface area contributed by atoms with Gasteiger partial charge < -0.3 is 15.4 Å². The zero-order valence-corrected chi connectivity index (χ0v) is 23.5. The number of thiazole rings is 1. The SMILES string of the molecule is Cc1cc(Nc2ccc(-c3cnc(C4CCC(NC(=O)OC(C)C)CC4)s3)c(S(=O)(=O)C(C)C)c2)n[nH]1. The minimum absolute atomic E-state index is 0.100. The number of anilines is 2. The Balaban J connectivity index is 1.53. The van der Waals surface area contributed by atoms with Crippen molar-refractivity contribution in [1.82, 2.24) is 20.5 Å². The summed E-state index contributed by atoms with van der Waals surface area (Å²) in [5.41, 5.74) is 2.22. The number of nitrogens with zero attached hydrogens (tertiary/aromatic N) is 2. The number of nitrogens with one attached hydrogen (secondary N) is 3. The Morgan fingerprint density at radius 1 is 1.14 bits per heavy atom. The molecular weight excluding hydrogens is 510 g/mol. The first-order chi connectivity index (χ1) is 17.5. The lowest BCUT2D eigenvalue weighted by Crippen LogP contribution is -2.38. The third-order valence-corrected chi connectivity index (χ3v) is 9.80. The highest BCUT2D eigenvalue weighted by Gasteiger charge is 2.28. The van der Waals surface area contributed by atoms with Crippen molar-refractivity contribution >= 4 is 38.8 Å². The van der Waals surface area contributed by atoms with Crippen molar-refractivity contribution in [2.45, 2.75) is 88.5 Å². The zero-order valence-electron chi connectivity index (χ0n) is 21.9. The van der Waals surface area contributed by atoms with Crippen molar-refractivity contribution in [3.8, 4) is 10.4 Å². The first-order valence-electron chi connectivity index (χ1n) is 12.6. The van der Waals surface area contributed by atoms with Crippen molar-refractivity contribution in [3.63, 3.8) is 0 Å². The predicted molar refractivity (Wildman–Crippen MR) is 146 cm³/mol. The van der Waals surface area contributed by atoms with E-state index in [1.807, 2.05) is 39.0 Å². The molecule has 0 aliphatic heterocycles. The van der Waals surface area contributed by atoms with Crippen LogP contribution in [0.4, 0.5) is 16.3 Å². The van der Waals surface area contributed by atoms with Gasteiger partial charge in [-0.05, 0) is 72.4 Å². The summed E-state index contributed by atoms with van der Waals surface area (Å²) >= 11 is 1.55. The number of alkyl carbamates (subject to hydrolysis) is 1. The van der Waals surface area contributed by atoms with E-state index in [4.69, 9.17) is 4.74 Å². The number of hydrogen-bond acceptors (Lipinski definition) is 8. The summed E-state index contributed by atoms with van der Waals surface area (Å²) in [5, 5.41) is 13.6. The summed E-state index contributed by atoms with van der Waals surface area (Å²) in [7, 11) is -3.55. The van der Waals surface area contributed by atoms with Gasteiger partial charge in [0.05, 0.1) is 26.1 Å². The van der Waals surface area contributed by atoms with Crippen LogP contribution < -0.4 is 10.6 Å². The molecule has 0 atom stereocenters. The van der Waals surface area contributed by atoms with Crippen LogP contribution in [0.1, 0.15) is 70.0 Å². The fourth-order valence-corrected chi connectivity index (χ4v) is 6.90. The van der Waals surface area contributed by atoms with Crippen LogP contribution in [0.2, 0.25) is 0 Å². The number of carbonyl (C=O) groups is 1. The molecule has 200 valence electrons. The molecule has 0 bridgehead atoms. The molecule has 1 saturated carbocycles. The molecule has 9 nitrogen and oxygen atoms in total. The number of amides is 1. The average Bonchev–Trinajstić information content (AvgIpc) is 3.48. The molecule has 1 aliphatic carbocycles. The Morgan fingerprint density at radius 2 is 1.86 bits per heavy atom. The highest BCUT2D eigenvalue weighted by molar-refractivity contribution is 7.92. The van der Waals surface area contributed by atoms with E-state index in [1.54, 1.807) is 37.4 Å². The summed E-state index contributed by atoms with van der Waals surface area (Å²) in [6, 6.07) is 7.35. The first kappa shape index (κ1) is 27.1. The quantitative estimate of drug-likeness (QED) is 0.320. The predicted octanol–water partition coefficient (Wildman–Crippen LogP) is 5.93. The molecule has 0 unspecified atom stereocenters. The first-order valence-corrected chi connectivity index (χ1v) is 15.0. The molecule has 0 radical (unpaired) electrons. The Hall–Kier alpha value is -2.92. The van der Waals surface area contributed by atoms with E-state index in [0.717, 1.165) is 41.3 Å². The van der Waals surface area contributed by atoms with E-state index in [0.29, 0.717) is 17.1 Å². The van der Waals surface area contributed by atoms with Gasteiger partial charge in [0.15, 0.2) is 15.7 Å². The van der Waals surface area contributed by atoms with Gasteiger partial charge in [-0.15, -0.1) is 11.3 Å². The van der Waals surface area contributed by atoms with Crippen LogP contribution in [0.25, 0.3) is 10.4 Å². The Morgan fingerprint density at radius 3 is 2.49 bits per heavy atom. The molecule has 1 aliphatic rings. The van der Waals surface area contributed by atoms with Crippen LogP contribution >= 0.6 is 11.3 Å². The number of benzene rings is 1. The van der Waals surface area contributed by atoms with Crippen molar-refractivity contribution < 1.29 is 17.9 Å².